The number of rotatable bonds is 2. The summed E-state index contributed by atoms with van der Waals surface area (Å²) in [5.74, 6) is -0.246. The summed E-state index contributed by atoms with van der Waals surface area (Å²) in [6.07, 6.45) is -4.91. The molecule has 0 aliphatic heterocycles. The van der Waals surface area contributed by atoms with Crippen LogP contribution in [0.15, 0.2) is 54.1 Å². The van der Waals surface area contributed by atoms with Gasteiger partial charge in [-0.25, -0.2) is 0 Å². The summed E-state index contributed by atoms with van der Waals surface area (Å²) in [5.41, 5.74) is 3.64. The molecule has 0 fully saturated rings. The molecule has 2 aliphatic rings. The van der Waals surface area contributed by atoms with Crippen LogP contribution in [0.25, 0.3) is 27.8 Å². The minimum absolute atomic E-state index is 0.168. The molecule has 33 heavy (non-hydrogen) atoms. The maximum Gasteiger partial charge on any atom is 0.573 e. The van der Waals surface area contributed by atoms with Gasteiger partial charge >= 0.3 is 6.36 Å². The Labute approximate surface area is 185 Å². The number of fused-ring (bicyclic) bond motifs is 7. The highest BCUT2D eigenvalue weighted by Crippen LogP contribution is 2.53. The van der Waals surface area contributed by atoms with Gasteiger partial charge in [-0.15, -0.1) is 13.2 Å². The van der Waals surface area contributed by atoms with Gasteiger partial charge in [-0.2, -0.15) is 10.5 Å². The van der Waals surface area contributed by atoms with Crippen LogP contribution in [0.4, 0.5) is 13.2 Å². The molecule has 0 saturated heterocycles. The Kier molecular flexibility index (Phi) is 4.30. The van der Waals surface area contributed by atoms with Crippen LogP contribution >= 0.6 is 0 Å². The lowest BCUT2D eigenvalue weighted by Crippen LogP contribution is -2.17. The number of allylic oxidation sites excluding steroid dienone is 1. The van der Waals surface area contributed by atoms with E-state index in [0.717, 1.165) is 12.1 Å². The van der Waals surface area contributed by atoms with E-state index >= 15 is 0 Å². The van der Waals surface area contributed by atoms with Crippen LogP contribution in [0.5, 0.6) is 11.5 Å². The van der Waals surface area contributed by atoms with Gasteiger partial charge < -0.3 is 9.47 Å². The summed E-state index contributed by atoms with van der Waals surface area (Å²) in [6, 6.07) is 15.8. The van der Waals surface area contributed by atoms with Crippen LogP contribution < -0.4 is 9.47 Å². The number of nitrogens with zero attached hydrogens (tertiary/aromatic N) is 2. The zero-order valence-corrected chi connectivity index (χ0v) is 16.9. The predicted octanol–water partition coefficient (Wildman–Crippen LogP) is 5.63. The standard InChI is InChI=1S/C25H11F3N2O3/c1-32-13-2-4-15-16-6-7-18-21(12(10-29)11-30)19-9-14(33-25(26,27)28)3-5-17(19)22(18)23(16)24(31)20(15)8-13/h2-9H,1H3. The molecule has 0 saturated carbocycles. The first-order chi connectivity index (χ1) is 15.8. The first-order valence-corrected chi connectivity index (χ1v) is 9.63. The number of halogens is 3. The van der Waals surface area contributed by atoms with Crippen molar-refractivity contribution in [1.29, 1.82) is 10.5 Å². The zero-order valence-electron chi connectivity index (χ0n) is 16.9. The number of benzene rings is 3. The van der Waals surface area contributed by atoms with Gasteiger partial charge in [-0.05, 0) is 58.1 Å². The smallest absolute Gasteiger partial charge is 0.497 e. The first-order valence-electron chi connectivity index (χ1n) is 9.63. The molecular formula is C25H11F3N2O3. The van der Waals surface area contributed by atoms with E-state index in [1.54, 1.807) is 30.3 Å². The number of hydrogen-bond acceptors (Lipinski definition) is 5. The van der Waals surface area contributed by atoms with Crippen molar-refractivity contribution >= 4 is 11.4 Å². The van der Waals surface area contributed by atoms with Gasteiger partial charge in [-0.1, -0.05) is 18.2 Å². The van der Waals surface area contributed by atoms with Gasteiger partial charge in [0, 0.05) is 22.3 Å². The quantitative estimate of drug-likeness (QED) is 0.329. The second kappa shape index (κ2) is 6.98. The van der Waals surface area contributed by atoms with E-state index in [4.69, 9.17) is 4.74 Å². The van der Waals surface area contributed by atoms with Crippen LogP contribution in [0.3, 0.4) is 0 Å². The molecule has 0 N–H and O–H groups in total. The van der Waals surface area contributed by atoms with E-state index in [1.165, 1.54) is 13.2 Å². The number of carbonyl (C=O) groups is 1. The minimum atomic E-state index is -4.91. The molecule has 0 radical (unpaired) electrons. The van der Waals surface area contributed by atoms with E-state index in [1.807, 2.05) is 12.1 Å². The fourth-order valence-corrected chi connectivity index (χ4v) is 4.46. The zero-order chi connectivity index (χ0) is 23.5. The normalized spacial score (nSPS) is 12.8. The van der Waals surface area contributed by atoms with Crippen molar-refractivity contribution in [3.05, 3.63) is 76.4 Å². The second-order valence-corrected chi connectivity index (χ2v) is 7.38. The Hall–Kier alpha value is -4.56. The Morgan fingerprint density at radius 1 is 0.788 bits per heavy atom. The molecule has 2 aliphatic carbocycles. The van der Waals surface area contributed by atoms with Crippen molar-refractivity contribution in [2.45, 2.75) is 6.36 Å². The third kappa shape index (κ3) is 2.96. The van der Waals surface area contributed by atoms with Crippen molar-refractivity contribution < 1.29 is 27.4 Å². The average Bonchev–Trinajstić information content (AvgIpc) is 3.25. The maximum atomic E-state index is 13.4. The molecule has 3 aromatic rings. The summed E-state index contributed by atoms with van der Waals surface area (Å²) in [5, 5.41) is 19.0. The molecule has 5 rings (SSSR count). The molecule has 0 atom stereocenters. The molecule has 0 spiro atoms. The van der Waals surface area contributed by atoms with Crippen LogP contribution in [0.2, 0.25) is 0 Å². The van der Waals surface area contributed by atoms with Crippen LogP contribution in [-0.4, -0.2) is 19.3 Å². The van der Waals surface area contributed by atoms with Gasteiger partial charge in [0.15, 0.2) is 5.78 Å². The molecule has 0 amide bonds. The number of ketones is 1. The van der Waals surface area contributed by atoms with Crippen molar-refractivity contribution in [3.8, 4) is 45.9 Å². The number of hydrogen-bond donors (Lipinski definition) is 0. The van der Waals surface area contributed by atoms with Crippen molar-refractivity contribution in [2.75, 3.05) is 7.11 Å². The van der Waals surface area contributed by atoms with E-state index in [9.17, 15) is 28.5 Å². The number of methoxy groups -OCH3 is 1. The Bertz CT molecular complexity index is 1490. The first kappa shape index (κ1) is 20.3. The number of alkyl halides is 3. The molecule has 3 aromatic carbocycles. The van der Waals surface area contributed by atoms with Gasteiger partial charge in [0.05, 0.1) is 7.11 Å². The molecule has 160 valence electrons. The molecule has 8 heteroatoms. The molecule has 0 aromatic heterocycles. The highest BCUT2D eigenvalue weighted by Gasteiger charge is 2.38. The Morgan fingerprint density at radius 3 is 2.06 bits per heavy atom. The summed E-state index contributed by atoms with van der Waals surface area (Å²) in [7, 11) is 1.49. The SMILES string of the molecule is COc1ccc2c(c1)C(=O)c1c-2ccc2c1-c1ccc(OC(F)(F)F)cc1C2=C(C#N)C#N. The van der Waals surface area contributed by atoms with Crippen molar-refractivity contribution in [3.63, 3.8) is 0 Å². The van der Waals surface area contributed by atoms with E-state index < -0.39 is 12.1 Å². The number of nitriles is 2. The number of carbonyl (C=O) groups excluding carboxylic acids is 1. The van der Waals surface area contributed by atoms with Gasteiger partial charge in [0.1, 0.15) is 29.2 Å². The maximum absolute atomic E-state index is 13.4. The monoisotopic (exact) mass is 444 g/mol. The topological polar surface area (TPSA) is 83.1 Å². The molecule has 5 nitrogen and oxygen atoms in total. The molecule has 0 bridgehead atoms. The van der Waals surface area contributed by atoms with E-state index in [0.29, 0.717) is 44.7 Å². The summed E-state index contributed by atoms with van der Waals surface area (Å²) in [6.45, 7) is 0. The third-order valence-electron chi connectivity index (χ3n) is 5.70. The van der Waals surface area contributed by atoms with Crippen LogP contribution in [-0.2, 0) is 0 Å². The summed E-state index contributed by atoms with van der Waals surface area (Å²) in [4.78, 5) is 13.4. The van der Waals surface area contributed by atoms with E-state index in [2.05, 4.69) is 4.74 Å². The van der Waals surface area contributed by atoms with E-state index in [-0.39, 0.29) is 22.5 Å². The minimum Gasteiger partial charge on any atom is -0.497 e. The average molecular weight is 444 g/mol. The van der Waals surface area contributed by atoms with Crippen LogP contribution in [0.1, 0.15) is 27.0 Å². The molecular weight excluding hydrogens is 433 g/mol. The predicted molar refractivity (Wildman–Crippen MR) is 111 cm³/mol. The third-order valence-corrected chi connectivity index (χ3v) is 5.70. The summed E-state index contributed by atoms with van der Waals surface area (Å²) < 4.78 is 47.7. The summed E-state index contributed by atoms with van der Waals surface area (Å²) >= 11 is 0. The second-order valence-electron chi connectivity index (χ2n) is 7.38. The molecule has 0 unspecified atom stereocenters. The van der Waals surface area contributed by atoms with Gasteiger partial charge in [-0.3, -0.25) is 4.79 Å². The highest BCUT2D eigenvalue weighted by molar-refractivity contribution is 6.27. The largest absolute Gasteiger partial charge is 0.573 e. The number of ether oxygens (including phenoxy) is 2. The van der Waals surface area contributed by atoms with Crippen molar-refractivity contribution in [1.82, 2.24) is 0 Å². The fraction of sp³-hybridized carbons (Fsp3) is 0.0800. The van der Waals surface area contributed by atoms with Crippen LogP contribution in [0, 0.1) is 22.7 Å². The lowest BCUT2D eigenvalue weighted by atomic mass is 9.93. The Balaban J connectivity index is 1.81. The van der Waals surface area contributed by atoms with Gasteiger partial charge in [0.2, 0.25) is 0 Å². The highest BCUT2D eigenvalue weighted by atomic mass is 19.4. The Morgan fingerprint density at radius 2 is 1.39 bits per heavy atom. The van der Waals surface area contributed by atoms with Crippen molar-refractivity contribution in [2.24, 2.45) is 0 Å². The lowest BCUT2D eigenvalue weighted by Gasteiger charge is -2.11. The molecule has 0 heterocycles. The van der Waals surface area contributed by atoms with Gasteiger partial charge in [0.25, 0.3) is 0 Å². The fourth-order valence-electron chi connectivity index (χ4n) is 4.46. The lowest BCUT2D eigenvalue weighted by molar-refractivity contribution is -0.274.